The summed E-state index contributed by atoms with van der Waals surface area (Å²) in [4.78, 5) is 24.7. The molecule has 6 nitrogen and oxygen atoms in total. The number of alkyl halides is 3. The van der Waals surface area contributed by atoms with Gasteiger partial charge in [0.15, 0.2) is 10.1 Å². The van der Waals surface area contributed by atoms with Crippen molar-refractivity contribution in [1.29, 1.82) is 0 Å². The van der Waals surface area contributed by atoms with E-state index in [1.807, 2.05) is 0 Å². The molecule has 1 aliphatic carbocycles. The van der Waals surface area contributed by atoms with Crippen molar-refractivity contribution in [3.63, 3.8) is 0 Å². The summed E-state index contributed by atoms with van der Waals surface area (Å²) in [6.45, 7) is 8.96. The van der Waals surface area contributed by atoms with Gasteiger partial charge >= 0.3 is 17.4 Å². The zero-order chi connectivity index (χ0) is 28.0. The van der Waals surface area contributed by atoms with Crippen LogP contribution in [0.25, 0.3) is 0 Å². The molecular weight excluding hydrogens is 650 g/mol. The van der Waals surface area contributed by atoms with Crippen LogP contribution in [-0.2, 0) is 43.9 Å². The smallest absolute Gasteiger partial charge is 0.485 e. The molecule has 4 unspecified atom stereocenters. The van der Waals surface area contributed by atoms with Gasteiger partial charge in [-0.1, -0.05) is 67.8 Å². The van der Waals surface area contributed by atoms with E-state index in [0.29, 0.717) is 22.6 Å². The zero-order valence-corrected chi connectivity index (χ0v) is 26.2. The Hall–Kier alpha value is -0.457. The maximum absolute atomic E-state index is 12.4. The number of allylic oxidation sites excluding steroid dienone is 4. The molecule has 3 aliphatic heterocycles. The number of carbonyl (C=O) groups is 2. The average molecular weight is 686 g/mol. The minimum atomic E-state index is -6.09. The van der Waals surface area contributed by atoms with Gasteiger partial charge in [0.25, 0.3) is 0 Å². The molecule has 3 heterocycles. The van der Waals surface area contributed by atoms with Gasteiger partial charge in [-0.05, 0) is 74.0 Å². The SMILES string of the molecule is C1=C\CC/C=C\CC/1.CC1CCC(C)P1C1=C(P2C(C)CCC2C)C(=O)OC1=O.O=S(=O)([O-])C(F)(F)F.[Rh]. The van der Waals surface area contributed by atoms with Crippen molar-refractivity contribution in [3.05, 3.63) is 34.9 Å². The fraction of sp³-hybridized carbons (Fsp3) is 0.680. The first kappa shape index (κ1) is 35.6. The van der Waals surface area contributed by atoms with Gasteiger partial charge in [0.05, 0.1) is 10.6 Å². The van der Waals surface area contributed by atoms with Crippen LogP contribution in [0.1, 0.15) is 79.1 Å². The van der Waals surface area contributed by atoms with Gasteiger partial charge in [0.2, 0.25) is 0 Å². The van der Waals surface area contributed by atoms with Crippen molar-refractivity contribution in [2.75, 3.05) is 0 Å². The molecule has 219 valence electrons. The van der Waals surface area contributed by atoms with Crippen LogP contribution in [0, 0.1) is 0 Å². The molecule has 0 spiro atoms. The molecule has 4 aliphatic rings. The first-order valence-corrected chi connectivity index (χ1v) is 16.9. The van der Waals surface area contributed by atoms with Crippen molar-refractivity contribution >= 4 is 37.9 Å². The summed E-state index contributed by atoms with van der Waals surface area (Å²) in [7, 11) is -7.15. The Bertz CT molecular complexity index is 939. The van der Waals surface area contributed by atoms with Crippen LogP contribution in [0.15, 0.2) is 34.9 Å². The molecular formula is C25H36F3O6P2RhS-. The summed E-state index contributed by atoms with van der Waals surface area (Å²) < 4.78 is 64.0. The fourth-order valence-corrected chi connectivity index (χ4v) is 12.0. The molecule has 38 heavy (non-hydrogen) atoms. The van der Waals surface area contributed by atoms with Gasteiger partial charge in [-0.15, -0.1) is 0 Å². The zero-order valence-electron chi connectivity index (χ0n) is 22.0. The number of carbonyl (C=O) groups excluding carboxylic acids is 2. The van der Waals surface area contributed by atoms with E-state index in [2.05, 4.69) is 52.0 Å². The molecule has 2 saturated heterocycles. The molecule has 4 rings (SSSR count). The summed E-state index contributed by atoms with van der Waals surface area (Å²) in [5.41, 5.74) is -3.47. The number of halogens is 3. The second kappa shape index (κ2) is 15.5. The number of cyclic esters (lactones) is 2. The largest absolute Gasteiger partial charge is 0.741 e. The van der Waals surface area contributed by atoms with Crippen molar-refractivity contribution < 1.29 is 59.9 Å². The second-order valence-electron chi connectivity index (χ2n) is 9.74. The van der Waals surface area contributed by atoms with Gasteiger partial charge in [0, 0.05) is 19.5 Å². The normalized spacial score (nSPS) is 33.1. The molecule has 0 aromatic carbocycles. The third-order valence-electron chi connectivity index (χ3n) is 6.83. The Morgan fingerprint density at radius 3 is 1.18 bits per heavy atom. The van der Waals surface area contributed by atoms with E-state index in [4.69, 9.17) is 17.7 Å². The summed E-state index contributed by atoms with van der Waals surface area (Å²) in [5, 5.41) is 1.67. The van der Waals surface area contributed by atoms with Crippen LogP contribution in [-0.4, -0.2) is 53.1 Å². The Labute approximate surface area is 239 Å². The van der Waals surface area contributed by atoms with E-state index in [1.165, 1.54) is 51.4 Å². The fourth-order valence-electron chi connectivity index (χ4n) is 4.96. The minimum Gasteiger partial charge on any atom is -0.741 e. The molecule has 4 atom stereocenters. The van der Waals surface area contributed by atoms with Crippen molar-refractivity contribution in [3.8, 4) is 0 Å². The van der Waals surface area contributed by atoms with Crippen LogP contribution in [0.3, 0.4) is 0 Å². The van der Waals surface area contributed by atoms with E-state index in [-0.39, 0.29) is 31.4 Å². The maximum Gasteiger partial charge on any atom is 0.485 e. The topological polar surface area (TPSA) is 101 Å². The Kier molecular flexibility index (Phi) is 14.5. The molecule has 1 radical (unpaired) electrons. The summed E-state index contributed by atoms with van der Waals surface area (Å²) in [6, 6.07) is 0. The minimum absolute atomic E-state index is 0. The van der Waals surface area contributed by atoms with Gasteiger partial charge in [0.1, 0.15) is 0 Å². The van der Waals surface area contributed by atoms with Gasteiger partial charge in [-0.2, -0.15) is 13.2 Å². The Morgan fingerprint density at radius 1 is 0.737 bits per heavy atom. The van der Waals surface area contributed by atoms with Crippen LogP contribution in [0.5, 0.6) is 0 Å². The van der Waals surface area contributed by atoms with E-state index in [1.54, 1.807) is 0 Å². The third kappa shape index (κ3) is 9.58. The van der Waals surface area contributed by atoms with Gasteiger partial charge in [-0.3, -0.25) is 0 Å². The molecule has 0 N–H and O–H groups in total. The monoisotopic (exact) mass is 686 g/mol. The van der Waals surface area contributed by atoms with Crippen molar-refractivity contribution in [1.82, 2.24) is 0 Å². The van der Waals surface area contributed by atoms with Crippen LogP contribution < -0.4 is 0 Å². The molecule has 0 saturated carbocycles. The number of esters is 2. The Morgan fingerprint density at radius 2 is 0.974 bits per heavy atom. The van der Waals surface area contributed by atoms with E-state index < -0.39 is 31.5 Å². The molecule has 13 heteroatoms. The summed E-state index contributed by atoms with van der Waals surface area (Å²) in [6.07, 6.45) is 18.7. The van der Waals surface area contributed by atoms with Crippen LogP contribution >= 0.6 is 15.8 Å². The first-order valence-electron chi connectivity index (χ1n) is 12.6. The molecule has 0 bridgehead atoms. The van der Waals surface area contributed by atoms with Crippen molar-refractivity contribution in [2.24, 2.45) is 0 Å². The molecule has 2 fully saturated rings. The predicted molar refractivity (Wildman–Crippen MR) is 141 cm³/mol. The number of hydrogen-bond donors (Lipinski definition) is 0. The summed E-state index contributed by atoms with van der Waals surface area (Å²) in [5.74, 6) is -0.619. The van der Waals surface area contributed by atoms with E-state index in [0.717, 1.165) is 10.6 Å². The first-order chi connectivity index (χ1) is 17.2. The van der Waals surface area contributed by atoms with Gasteiger partial charge in [-0.25, -0.2) is 18.0 Å². The standard InChI is InChI=1S/C16H24O3P2.C8H12.CHF3O3S.Rh/c1-9-5-6-10(2)20(9)13-14(16(18)19-15(13)17)21-11(3)7-8-12(21)4;1-2-4-6-8-7-5-3-1;2-1(3,4)8(5,6)7;/h9-12H,5-8H2,1-4H3;1-2,7-8H,3-6H2;(H,5,6,7);/p-1/b;2-1-,8-7-;;. The van der Waals surface area contributed by atoms with E-state index in [9.17, 15) is 22.8 Å². The van der Waals surface area contributed by atoms with Gasteiger partial charge < -0.3 is 9.29 Å². The second-order valence-corrected chi connectivity index (χ2v) is 17.2. The summed E-state index contributed by atoms with van der Waals surface area (Å²) >= 11 is 0. The van der Waals surface area contributed by atoms with E-state index >= 15 is 0 Å². The van der Waals surface area contributed by atoms with Crippen LogP contribution in [0.2, 0.25) is 0 Å². The maximum atomic E-state index is 12.4. The molecule has 0 aromatic rings. The number of rotatable bonds is 2. The molecule has 0 amide bonds. The number of hydrogen-bond acceptors (Lipinski definition) is 6. The number of ether oxygens (including phenoxy) is 1. The predicted octanol–water partition coefficient (Wildman–Crippen LogP) is 7.11. The third-order valence-corrected chi connectivity index (χ3v) is 14.3. The van der Waals surface area contributed by atoms with Crippen molar-refractivity contribution in [2.45, 2.75) is 107 Å². The van der Waals surface area contributed by atoms with Crippen LogP contribution in [0.4, 0.5) is 13.2 Å². The average Bonchev–Trinajstić information content (AvgIpc) is 3.35. The quantitative estimate of drug-likeness (QED) is 0.0584. The molecule has 0 aromatic heterocycles. The Balaban J connectivity index is 0.000000352.